The average Bonchev–Trinajstić information content (AvgIpc) is 2.34. The Balaban J connectivity index is 2.60. The number of methoxy groups -OCH3 is 1. The summed E-state index contributed by atoms with van der Waals surface area (Å²) in [5.74, 6) is -0.342. The molecule has 1 rings (SSSR count). The molecular formula is C12H17NO3. The van der Waals surface area contributed by atoms with Gasteiger partial charge in [-0.1, -0.05) is 12.1 Å². The van der Waals surface area contributed by atoms with Gasteiger partial charge in [-0.05, 0) is 25.0 Å². The van der Waals surface area contributed by atoms with E-state index in [0.29, 0.717) is 5.56 Å². The lowest BCUT2D eigenvalue weighted by Gasteiger charge is -2.09. The molecule has 0 aromatic heterocycles. The van der Waals surface area contributed by atoms with Crippen LogP contribution in [0.1, 0.15) is 23.2 Å². The van der Waals surface area contributed by atoms with Crippen LogP contribution in [0, 0.1) is 0 Å². The molecule has 88 valence electrons. The van der Waals surface area contributed by atoms with Crippen LogP contribution in [0.4, 0.5) is 5.69 Å². The van der Waals surface area contributed by atoms with Crippen molar-refractivity contribution in [1.82, 2.24) is 0 Å². The molecule has 0 spiro atoms. The Kier molecular flexibility index (Phi) is 5.36. The van der Waals surface area contributed by atoms with Crippen molar-refractivity contribution in [2.75, 3.05) is 25.6 Å². The number of aliphatic hydroxyl groups is 1. The molecular weight excluding hydrogens is 206 g/mol. The summed E-state index contributed by atoms with van der Waals surface area (Å²) in [5.41, 5.74) is 1.31. The highest BCUT2D eigenvalue weighted by Gasteiger charge is 2.09. The van der Waals surface area contributed by atoms with Crippen LogP contribution >= 0.6 is 0 Å². The molecule has 4 heteroatoms. The molecule has 0 aliphatic rings. The second-order valence-electron chi connectivity index (χ2n) is 3.39. The molecule has 0 unspecified atom stereocenters. The van der Waals surface area contributed by atoms with E-state index in [2.05, 4.69) is 10.1 Å². The summed E-state index contributed by atoms with van der Waals surface area (Å²) in [7, 11) is 1.37. The number of nitrogens with one attached hydrogen (secondary N) is 1. The fourth-order valence-corrected chi connectivity index (χ4v) is 1.39. The summed E-state index contributed by atoms with van der Waals surface area (Å²) in [4.78, 5) is 11.4. The van der Waals surface area contributed by atoms with E-state index in [4.69, 9.17) is 5.11 Å². The molecule has 1 aromatic rings. The fourth-order valence-electron chi connectivity index (χ4n) is 1.39. The number of carbonyl (C=O) groups excluding carboxylic acids is 1. The summed E-state index contributed by atoms with van der Waals surface area (Å²) in [6, 6.07) is 7.22. The first-order valence-corrected chi connectivity index (χ1v) is 5.31. The largest absolute Gasteiger partial charge is 0.465 e. The second kappa shape index (κ2) is 6.85. The Morgan fingerprint density at radius 1 is 1.38 bits per heavy atom. The number of benzene rings is 1. The molecule has 0 bridgehead atoms. The zero-order valence-electron chi connectivity index (χ0n) is 9.40. The number of carbonyl (C=O) groups is 1. The number of hydrogen-bond acceptors (Lipinski definition) is 4. The van der Waals surface area contributed by atoms with Crippen LogP contribution in [0.15, 0.2) is 24.3 Å². The van der Waals surface area contributed by atoms with Gasteiger partial charge in [0.1, 0.15) is 0 Å². The van der Waals surface area contributed by atoms with Crippen LogP contribution in [0.5, 0.6) is 0 Å². The third-order valence-corrected chi connectivity index (χ3v) is 2.23. The lowest BCUT2D eigenvalue weighted by Crippen LogP contribution is -2.09. The second-order valence-corrected chi connectivity index (χ2v) is 3.39. The van der Waals surface area contributed by atoms with Crippen molar-refractivity contribution in [2.24, 2.45) is 0 Å². The first-order chi connectivity index (χ1) is 7.79. The summed E-state index contributed by atoms with van der Waals surface area (Å²) in [6.07, 6.45) is 1.62. The van der Waals surface area contributed by atoms with Gasteiger partial charge < -0.3 is 15.2 Å². The van der Waals surface area contributed by atoms with Crippen molar-refractivity contribution in [3.63, 3.8) is 0 Å². The molecule has 0 fully saturated rings. The van der Waals surface area contributed by atoms with Gasteiger partial charge in [0.15, 0.2) is 0 Å². The average molecular weight is 223 g/mol. The van der Waals surface area contributed by atoms with Crippen molar-refractivity contribution in [2.45, 2.75) is 12.8 Å². The molecule has 0 saturated heterocycles. The van der Waals surface area contributed by atoms with Crippen LogP contribution in [-0.2, 0) is 4.74 Å². The standard InChI is InChI=1S/C12H17NO3/c1-16-12(15)10-6-2-3-7-11(10)13-8-4-5-9-14/h2-3,6-7,13-14H,4-5,8-9H2,1H3. The molecule has 0 radical (unpaired) electrons. The van der Waals surface area contributed by atoms with Gasteiger partial charge in [0.05, 0.1) is 12.7 Å². The maximum Gasteiger partial charge on any atom is 0.339 e. The van der Waals surface area contributed by atoms with Crippen molar-refractivity contribution in [3.05, 3.63) is 29.8 Å². The van der Waals surface area contributed by atoms with Crippen molar-refractivity contribution in [3.8, 4) is 0 Å². The van der Waals surface area contributed by atoms with Crippen LogP contribution in [-0.4, -0.2) is 31.3 Å². The number of para-hydroxylation sites is 1. The van der Waals surface area contributed by atoms with Gasteiger partial charge >= 0.3 is 5.97 Å². The summed E-state index contributed by atoms with van der Waals surface area (Å²) >= 11 is 0. The van der Waals surface area contributed by atoms with E-state index in [9.17, 15) is 4.79 Å². The molecule has 16 heavy (non-hydrogen) atoms. The predicted molar refractivity (Wildman–Crippen MR) is 62.6 cm³/mol. The molecule has 2 N–H and O–H groups in total. The summed E-state index contributed by atoms with van der Waals surface area (Å²) in [5, 5.41) is 11.8. The van der Waals surface area contributed by atoms with E-state index in [1.54, 1.807) is 12.1 Å². The van der Waals surface area contributed by atoms with Gasteiger partial charge in [0.2, 0.25) is 0 Å². The van der Waals surface area contributed by atoms with Gasteiger partial charge in [-0.3, -0.25) is 0 Å². The molecule has 4 nitrogen and oxygen atoms in total. The number of aliphatic hydroxyl groups excluding tert-OH is 1. The number of anilines is 1. The van der Waals surface area contributed by atoms with E-state index in [1.807, 2.05) is 12.1 Å². The smallest absolute Gasteiger partial charge is 0.339 e. The third-order valence-electron chi connectivity index (χ3n) is 2.23. The summed E-state index contributed by atoms with van der Waals surface area (Å²) < 4.78 is 4.69. The zero-order valence-corrected chi connectivity index (χ0v) is 9.40. The highest BCUT2D eigenvalue weighted by atomic mass is 16.5. The van der Waals surface area contributed by atoms with Gasteiger partial charge in [-0.15, -0.1) is 0 Å². The molecule has 0 saturated carbocycles. The van der Waals surface area contributed by atoms with Crippen molar-refractivity contribution >= 4 is 11.7 Å². The number of hydrogen-bond donors (Lipinski definition) is 2. The Morgan fingerprint density at radius 3 is 2.81 bits per heavy atom. The van der Waals surface area contributed by atoms with E-state index in [0.717, 1.165) is 25.1 Å². The molecule has 0 heterocycles. The molecule has 0 atom stereocenters. The van der Waals surface area contributed by atoms with Gasteiger partial charge in [-0.2, -0.15) is 0 Å². The monoisotopic (exact) mass is 223 g/mol. The van der Waals surface area contributed by atoms with E-state index < -0.39 is 0 Å². The van der Waals surface area contributed by atoms with Crippen LogP contribution in [0.2, 0.25) is 0 Å². The maximum absolute atomic E-state index is 11.4. The third kappa shape index (κ3) is 3.55. The van der Waals surface area contributed by atoms with E-state index >= 15 is 0 Å². The Labute approximate surface area is 95.2 Å². The zero-order chi connectivity index (χ0) is 11.8. The normalized spacial score (nSPS) is 9.88. The van der Waals surface area contributed by atoms with E-state index in [1.165, 1.54) is 7.11 Å². The highest BCUT2D eigenvalue weighted by Crippen LogP contribution is 2.15. The van der Waals surface area contributed by atoms with Crippen molar-refractivity contribution in [1.29, 1.82) is 0 Å². The van der Waals surface area contributed by atoms with Gasteiger partial charge in [0.25, 0.3) is 0 Å². The Morgan fingerprint density at radius 2 is 2.12 bits per heavy atom. The van der Waals surface area contributed by atoms with Crippen LogP contribution < -0.4 is 5.32 Å². The quantitative estimate of drug-likeness (QED) is 0.569. The minimum atomic E-state index is -0.342. The Bertz CT molecular complexity index is 339. The topological polar surface area (TPSA) is 58.6 Å². The minimum absolute atomic E-state index is 0.195. The number of esters is 1. The minimum Gasteiger partial charge on any atom is -0.465 e. The summed E-state index contributed by atoms with van der Waals surface area (Å²) in [6.45, 7) is 0.925. The number of unbranched alkanes of at least 4 members (excludes halogenated alkanes) is 1. The fraction of sp³-hybridized carbons (Fsp3) is 0.417. The molecule has 0 aliphatic carbocycles. The maximum atomic E-state index is 11.4. The van der Waals surface area contributed by atoms with Crippen LogP contribution in [0.25, 0.3) is 0 Å². The SMILES string of the molecule is COC(=O)c1ccccc1NCCCCO. The lowest BCUT2D eigenvalue weighted by molar-refractivity contribution is 0.0602. The van der Waals surface area contributed by atoms with Gasteiger partial charge in [0, 0.05) is 18.8 Å². The predicted octanol–water partition coefficient (Wildman–Crippen LogP) is 1.66. The van der Waals surface area contributed by atoms with Crippen molar-refractivity contribution < 1.29 is 14.6 Å². The first kappa shape index (κ1) is 12.5. The van der Waals surface area contributed by atoms with Gasteiger partial charge in [-0.25, -0.2) is 4.79 Å². The number of ether oxygens (including phenoxy) is 1. The molecule has 0 amide bonds. The number of rotatable bonds is 6. The lowest BCUT2D eigenvalue weighted by atomic mass is 10.1. The Hall–Kier alpha value is -1.55. The molecule has 0 aliphatic heterocycles. The highest BCUT2D eigenvalue weighted by molar-refractivity contribution is 5.95. The first-order valence-electron chi connectivity index (χ1n) is 5.31. The van der Waals surface area contributed by atoms with E-state index in [-0.39, 0.29) is 12.6 Å². The molecule has 1 aromatic carbocycles. The van der Waals surface area contributed by atoms with Crippen LogP contribution in [0.3, 0.4) is 0 Å².